The topological polar surface area (TPSA) is 63.6 Å². The fourth-order valence-electron chi connectivity index (χ4n) is 2.01. The summed E-state index contributed by atoms with van der Waals surface area (Å²) in [5, 5.41) is 9.75. The molecule has 108 valence electrons. The van der Waals surface area contributed by atoms with Gasteiger partial charge in [0.25, 0.3) is 0 Å². The van der Waals surface area contributed by atoms with Gasteiger partial charge in [-0.1, -0.05) is 24.3 Å². The van der Waals surface area contributed by atoms with Gasteiger partial charge in [0.2, 0.25) is 0 Å². The molecule has 2 aromatic carbocycles. The number of rotatable bonds is 4. The molecule has 0 heterocycles. The van der Waals surface area contributed by atoms with Crippen LogP contribution in [0.1, 0.15) is 38.8 Å². The van der Waals surface area contributed by atoms with Crippen LogP contribution in [0.25, 0.3) is 0 Å². The summed E-state index contributed by atoms with van der Waals surface area (Å²) < 4.78 is 4.97. The molecular weight excluding hydrogens is 268 g/mol. The largest absolute Gasteiger partial charge is 0.507 e. The lowest BCUT2D eigenvalue weighted by Gasteiger charge is -2.08. The molecule has 0 aromatic heterocycles. The number of ether oxygens (including phenoxy) is 1. The molecule has 0 spiro atoms. The average Bonchev–Trinajstić information content (AvgIpc) is 2.48. The zero-order chi connectivity index (χ0) is 15.4. The molecule has 0 aliphatic heterocycles. The van der Waals surface area contributed by atoms with Crippen molar-refractivity contribution in [3.8, 4) is 5.75 Å². The van der Waals surface area contributed by atoms with Crippen LogP contribution in [-0.4, -0.2) is 23.5 Å². The number of aryl methyl sites for hydroxylation is 1. The normalized spacial score (nSPS) is 10.2. The van der Waals surface area contributed by atoms with E-state index in [-0.39, 0.29) is 23.7 Å². The maximum Gasteiger partial charge on any atom is 0.338 e. The van der Waals surface area contributed by atoms with Crippen LogP contribution in [-0.2, 0) is 4.74 Å². The Balaban J connectivity index is 2.41. The highest BCUT2D eigenvalue weighted by Gasteiger charge is 2.17. The van der Waals surface area contributed by atoms with E-state index in [0.717, 1.165) is 5.56 Å². The summed E-state index contributed by atoms with van der Waals surface area (Å²) >= 11 is 0. The minimum atomic E-state index is -0.457. The molecule has 0 fully saturated rings. The smallest absolute Gasteiger partial charge is 0.338 e. The lowest BCUT2D eigenvalue weighted by molar-refractivity contribution is 0.0525. The lowest BCUT2D eigenvalue weighted by atomic mass is 9.98. The van der Waals surface area contributed by atoms with Crippen molar-refractivity contribution in [1.82, 2.24) is 0 Å². The Morgan fingerprint density at radius 2 is 1.81 bits per heavy atom. The number of hydrogen-bond acceptors (Lipinski definition) is 4. The first-order valence-corrected chi connectivity index (χ1v) is 6.65. The van der Waals surface area contributed by atoms with E-state index in [0.29, 0.717) is 11.1 Å². The first kappa shape index (κ1) is 14.8. The van der Waals surface area contributed by atoms with E-state index in [2.05, 4.69) is 0 Å². The van der Waals surface area contributed by atoms with Crippen molar-refractivity contribution in [3.63, 3.8) is 0 Å². The minimum Gasteiger partial charge on any atom is -0.507 e. The molecule has 0 aliphatic rings. The third kappa shape index (κ3) is 3.11. The van der Waals surface area contributed by atoms with Gasteiger partial charge in [-0.15, -0.1) is 0 Å². The van der Waals surface area contributed by atoms with Crippen LogP contribution in [0.3, 0.4) is 0 Å². The number of para-hydroxylation sites is 1. The van der Waals surface area contributed by atoms with Gasteiger partial charge in [-0.2, -0.15) is 0 Å². The minimum absolute atomic E-state index is 0.0826. The van der Waals surface area contributed by atoms with E-state index in [4.69, 9.17) is 4.74 Å². The molecule has 21 heavy (non-hydrogen) atoms. The Kier molecular flexibility index (Phi) is 4.38. The number of esters is 1. The molecule has 0 atom stereocenters. The predicted octanol–water partition coefficient (Wildman–Crippen LogP) is 3.11. The van der Waals surface area contributed by atoms with Crippen molar-refractivity contribution in [2.75, 3.05) is 6.61 Å². The number of benzene rings is 2. The SMILES string of the molecule is CCOC(=O)c1cc(C(=O)c2ccccc2O)ccc1C. The monoisotopic (exact) mass is 284 g/mol. The van der Waals surface area contributed by atoms with E-state index < -0.39 is 5.97 Å². The maximum absolute atomic E-state index is 12.4. The van der Waals surface area contributed by atoms with E-state index in [1.54, 1.807) is 44.2 Å². The van der Waals surface area contributed by atoms with Crippen LogP contribution in [0.4, 0.5) is 0 Å². The molecule has 0 saturated heterocycles. The summed E-state index contributed by atoms with van der Waals surface area (Å²) in [6, 6.07) is 11.1. The van der Waals surface area contributed by atoms with Gasteiger partial charge in [0.1, 0.15) is 5.75 Å². The lowest BCUT2D eigenvalue weighted by Crippen LogP contribution is -2.09. The Morgan fingerprint density at radius 3 is 2.48 bits per heavy atom. The zero-order valence-corrected chi connectivity index (χ0v) is 11.9. The van der Waals surface area contributed by atoms with Crippen molar-refractivity contribution >= 4 is 11.8 Å². The average molecular weight is 284 g/mol. The molecule has 0 radical (unpaired) electrons. The second-order valence-electron chi connectivity index (χ2n) is 4.60. The van der Waals surface area contributed by atoms with Gasteiger partial charge in [0.15, 0.2) is 5.78 Å². The van der Waals surface area contributed by atoms with Crippen molar-refractivity contribution in [3.05, 3.63) is 64.7 Å². The summed E-state index contributed by atoms with van der Waals surface area (Å²) in [7, 11) is 0. The first-order chi connectivity index (χ1) is 10.0. The Morgan fingerprint density at radius 1 is 1.10 bits per heavy atom. The van der Waals surface area contributed by atoms with Crippen LogP contribution >= 0.6 is 0 Å². The number of carbonyl (C=O) groups is 2. The second-order valence-corrected chi connectivity index (χ2v) is 4.60. The van der Waals surface area contributed by atoms with Gasteiger partial charge in [0, 0.05) is 5.56 Å². The summed E-state index contributed by atoms with van der Waals surface area (Å²) in [6.45, 7) is 3.78. The molecule has 0 unspecified atom stereocenters. The van der Waals surface area contributed by atoms with E-state index in [1.165, 1.54) is 12.1 Å². The number of phenolic OH excluding ortho intramolecular Hbond substituents is 1. The molecule has 2 rings (SSSR count). The van der Waals surface area contributed by atoms with Gasteiger partial charge in [-0.25, -0.2) is 4.79 Å². The van der Waals surface area contributed by atoms with Crippen molar-refractivity contribution in [2.45, 2.75) is 13.8 Å². The number of hydrogen-bond donors (Lipinski definition) is 1. The molecule has 4 heteroatoms. The molecule has 2 aromatic rings. The number of carbonyl (C=O) groups excluding carboxylic acids is 2. The number of ketones is 1. The molecule has 0 saturated carbocycles. The van der Waals surface area contributed by atoms with Crippen LogP contribution in [0, 0.1) is 6.92 Å². The molecular formula is C17H16O4. The highest BCUT2D eigenvalue weighted by molar-refractivity contribution is 6.11. The summed E-state index contributed by atoms with van der Waals surface area (Å²) in [5.41, 5.74) is 1.64. The molecule has 4 nitrogen and oxygen atoms in total. The summed E-state index contributed by atoms with van der Waals surface area (Å²) in [6.07, 6.45) is 0. The predicted molar refractivity (Wildman–Crippen MR) is 78.7 cm³/mol. The second kappa shape index (κ2) is 6.22. The fourth-order valence-corrected chi connectivity index (χ4v) is 2.01. The Labute approximate surface area is 123 Å². The summed E-state index contributed by atoms with van der Waals surface area (Å²) in [4.78, 5) is 24.3. The van der Waals surface area contributed by atoms with Crippen LogP contribution < -0.4 is 0 Å². The van der Waals surface area contributed by atoms with Crippen molar-refractivity contribution in [1.29, 1.82) is 0 Å². The highest BCUT2D eigenvalue weighted by Crippen LogP contribution is 2.21. The van der Waals surface area contributed by atoms with Gasteiger partial charge in [-0.3, -0.25) is 4.79 Å². The molecule has 0 amide bonds. The van der Waals surface area contributed by atoms with E-state index in [1.807, 2.05) is 0 Å². The van der Waals surface area contributed by atoms with Crippen LogP contribution in [0.15, 0.2) is 42.5 Å². The zero-order valence-electron chi connectivity index (χ0n) is 11.9. The highest BCUT2D eigenvalue weighted by atomic mass is 16.5. The third-order valence-electron chi connectivity index (χ3n) is 3.14. The standard InChI is InChI=1S/C17H16O4/c1-3-21-17(20)14-10-12(9-8-11(14)2)16(19)13-6-4-5-7-15(13)18/h4-10,18H,3H2,1-2H3. The van der Waals surface area contributed by atoms with Crippen LogP contribution in [0.5, 0.6) is 5.75 Å². The maximum atomic E-state index is 12.4. The van der Waals surface area contributed by atoms with Gasteiger partial charge in [-0.05, 0) is 37.6 Å². The molecule has 1 N–H and O–H groups in total. The number of aromatic hydroxyl groups is 1. The molecule has 0 bridgehead atoms. The van der Waals surface area contributed by atoms with Crippen molar-refractivity contribution in [2.24, 2.45) is 0 Å². The number of phenols is 1. The van der Waals surface area contributed by atoms with Gasteiger partial charge in [0.05, 0.1) is 17.7 Å². The van der Waals surface area contributed by atoms with Crippen LogP contribution in [0.2, 0.25) is 0 Å². The van der Waals surface area contributed by atoms with E-state index in [9.17, 15) is 14.7 Å². The van der Waals surface area contributed by atoms with Gasteiger partial charge >= 0.3 is 5.97 Å². The Bertz CT molecular complexity index is 689. The quantitative estimate of drug-likeness (QED) is 0.692. The van der Waals surface area contributed by atoms with Gasteiger partial charge < -0.3 is 9.84 Å². The Hall–Kier alpha value is -2.62. The third-order valence-corrected chi connectivity index (χ3v) is 3.14. The van der Waals surface area contributed by atoms with Crippen molar-refractivity contribution < 1.29 is 19.4 Å². The van der Waals surface area contributed by atoms with E-state index >= 15 is 0 Å². The summed E-state index contributed by atoms with van der Waals surface area (Å²) in [5.74, 6) is -0.874. The molecule has 0 aliphatic carbocycles. The first-order valence-electron chi connectivity index (χ1n) is 6.65. The fraction of sp³-hybridized carbons (Fsp3) is 0.176.